The van der Waals surface area contributed by atoms with Crippen LogP contribution in [0.5, 0.6) is 17.2 Å². The number of aromatic hydroxyl groups is 1. The van der Waals surface area contributed by atoms with E-state index in [2.05, 4.69) is 6.92 Å². The highest BCUT2D eigenvalue weighted by atomic mass is 16.7. The maximum absolute atomic E-state index is 12.0. The molecule has 1 fully saturated rings. The Hall–Kier alpha value is -2.37. The third-order valence-corrected chi connectivity index (χ3v) is 5.15. The number of hydrogen-bond donors (Lipinski definition) is 5. The van der Waals surface area contributed by atoms with Crippen LogP contribution in [0.3, 0.4) is 0 Å². The van der Waals surface area contributed by atoms with Gasteiger partial charge < -0.3 is 44.2 Å². The third-order valence-electron chi connectivity index (χ3n) is 5.15. The summed E-state index contributed by atoms with van der Waals surface area (Å²) in [5.41, 5.74) is -0.894. The van der Waals surface area contributed by atoms with Gasteiger partial charge in [-0.05, 0) is 18.6 Å². The molecule has 0 saturated carbocycles. The number of fused-ring (bicyclic) bond motifs is 1. The van der Waals surface area contributed by atoms with Crippen LogP contribution in [-0.2, 0) is 4.74 Å². The first-order valence-electron chi connectivity index (χ1n) is 10.3. The molecule has 1 saturated heterocycles. The topological polar surface area (TPSA) is 159 Å². The monoisotopic (exact) mass is 440 g/mol. The minimum atomic E-state index is -1.58. The van der Waals surface area contributed by atoms with Gasteiger partial charge in [-0.15, -0.1) is 0 Å². The maximum atomic E-state index is 12.0. The Morgan fingerprint density at radius 3 is 2.55 bits per heavy atom. The van der Waals surface area contributed by atoms with Gasteiger partial charge in [-0.25, -0.2) is 4.79 Å². The highest BCUT2D eigenvalue weighted by Crippen LogP contribution is 2.34. The molecule has 10 nitrogen and oxygen atoms in total. The first kappa shape index (κ1) is 23.3. The fourth-order valence-electron chi connectivity index (χ4n) is 3.36. The van der Waals surface area contributed by atoms with Crippen molar-refractivity contribution in [1.82, 2.24) is 0 Å². The van der Waals surface area contributed by atoms with Crippen molar-refractivity contribution in [3.8, 4) is 17.2 Å². The van der Waals surface area contributed by atoms with E-state index in [1.165, 1.54) is 18.2 Å². The van der Waals surface area contributed by atoms with Crippen LogP contribution in [0, 0.1) is 0 Å². The second-order valence-electron chi connectivity index (χ2n) is 7.45. The van der Waals surface area contributed by atoms with E-state index in [4.69, 9.17) is 18.6 Å². The van der Waals surface area contributed by atoms with Crippen LogP contribution in [0.4, 0.5) is 0 Å². The Morgan fingerprint density at radius 1 is 1.06 bits per heavy atom. The summed E-state index contributed by atoms with van der Waals surface area (Å²) in [5, 5.41) is 49.6. The van der Waals surface area contributed by atoms with Gasteiger partial charge >= 0.3 is 5.63 Å². The summed E-state index contributed by atoms with van der Waals surface area (Å²) in [6.45, 7) is 1.83. The zero-order valence-corrected chi connectivity index (χ0v) is 17.1. The predicted molar refractivity (Wildman–Crippen MR) is 108 cm³/mol. The van der Waals surface area contributed by atoms with Crippen molar-refractivity contribution in [1.29, 1.82) is 0 Å². The molecule has 31 heavy (non-hydrogen) atoms. The Balaban J connectivity index is 1.81. The van der Waals surface area contributed by atoms with Crippen LogP contribution in [0.15, 0.2) is 27.4 Å². The Labute approximate surface area is 178 Å². The van der Waals surface area contributed by atoms with Crippen LogP contribution in [0.25, 0.3) is 11.0 Å². The molecule has 1 aromatic carbocycles. The average molecular weight is 440 g/mol. The molecule has 10 heteroatoms. The molecule has 1 aromatic heterocycles. The number of ether oxygens (including phenoxy) is 3. The molecule has 3 rings (SSSR count). The molecule has 2 aromatic rings. The van der Waals surface area contributed by atoms with E-state index in [-0.39, 0.29) is 17.1 Å². The number of benzene rings is 1. The molecule has 1 aliphatic heterocycles. The number of unbranched alkanes of at least 4 members (excludes halogenated alkanes) is 3. The molecule has 0 aliphatic carbocycles. The van der Waals surface area contributed by atoms with Crippen molar-refractivity contribution in [3.63, 3.8) is 0 Å². The molecule has 1 aliphatic rings. The van der Waals surface area contributed by atoms with E-state index < -0.39 is 48.7 Å². The Kier molecular flexibility index (Phi) is 7.74. The standard InChI is InChI=1S/C21H28O10/c1-2-3-4-5-8-28-19-12-7-6-11(9-13(12)30-20(27)18(19)26)29-21-17(25)16(24)15(23)14(10-22)31-21/h6-7,9,14-17,21-26H,2-5,8,10H2,1H3/t14-,15-,16+,17+,21-/m1/s1. The minimum absolute atomic E-state index is 0.0159. The second kappa shape index (κ2) is 10.3. The smallest absolute Gasteiger partial charge is 0.382 e. The van der Waals surface area contributed by atoms with Crippen LogP contribution in [-0.4, -0.2) is 69.5 Å². The number of aliphatic hydroxyl groups is 4. The van der Waals surface area contributed by atoms with Crippen LogP contribution in [0.2, 0.25) is 0 Å². The van der Waals surface area contributed by atoms with Gasteiger partial charge in [0.1, 0.15) is 35.7 Å². The van der Waals surface area contributed by atoms with Crippen LogP contribution >= 0.6 is 0 Å². The van der Waals surface area contributed by atoms with E-state index in [0.717, 1.165) is 25.7 Å². The van der Waals surface area contributed by atoms with Gasteiger partial charge in [0.2, 0.25) is 12.0 Å². The van der Waals surface area contributed by atoms with Crippen LogP contribution < -0.4 is 15.1 Å². The van der Waals surface area contributed by atoms with Gasteiger partial charge in [0, 0.05) is 6.07 Å². The summed E-state index contributed by atoms with van der Waals surface area (Å²) in [6, 6.07) is 4.34. The lowest BCUT2D eigenvalue weighted by atomic mass is 9.99. The summed E-state index contributed by atoms with van der Waals surface area (Å²) in [7, 11) is 0. The van der Waals surface area contributed by atoms with E-state index in [0.29, 0.717) is 12.0 Å². The van der Waals surface area contributed by atoms with E-state index in [1.54, 1.807) is 0 Å². The second-order valence-corrected chi connectivity index (χ2v) is 7.45. The fourth-order valence-corrected chi connectivity index (χ4v) is 3.36. The largest absolute Gasteiger partial charge is 0.499 e. The molecular formula is C21H28O10. The summed E-state index contributed by atoms with van der Waals surface area (Å²) in [4.78, 5) is 12.0. The molecule has 5 N–H and O–H groups in total. The SMILES string of the molecule is CCCCCCOc1c(O)c(=O)oc2cc(O[C@@H]3O[C@H](CO)[C@@H](O)[C@H](O)[C@@H]3O)ccc12. The molecule has 2 heterocycles. The van der Waals surface area contributed by atoms with E-state index in [1.807, 2.05) is 0 Å². The summed E-state index contributed by atoms with van der Waals surface area (Å²) < 4.78 is 21.6. The highest BCUT2D eigenvalue weighted by molar-refractivity contribution is 5.86. The van der Waals surface area contributed by atoms with Gasteiger partial charge in [0.25, 0.3) is 0 Å². The molecule has 0 bridgehead atoms. The van der Waals surface area contributed by atoms with Gasteiger partial charge in [-0.3, -0.25) is 0 Å². The molecule has 0 unspecified atom stereocenters. The van der Waals surface area contributed by atoms with Crippen molar-refractivity contribution in [2.75, 3.05) is 13.2 Å². The molecule has 172 valence electrons. The van der Waals surface area contributed by atoms with E-state index >= 15 is 0 Å². The zero-order chi connectivity index (χ0) is 22.5. The fraction of sp³-hybridized carbons (Fsp3) is 0.571. The first-order chi connectivity index (χ1) is 14.9. The summed E-state index contributed by atoms with van der Waals surface area (Å²) in [5.74, 6) is -0.479. The highest BCUT2D eigenvalue weighted by Gasteiger charge is 2.44. The quantitative estimate of drug-likeness (QED) is 0.277. The van der Waals surface area contributed by atoms with Crippen LogP contribution in [0.1, 0.15) is 32.6 Å². The zero-order valence-electron chi connectivity index (χ0n) is 17.1. The summed E-state index contributed by atoms with van der Waals surface area (Å²) in [6.07, 6.45) is -3.30. The third kappa shape index (κ3) is 5.10. The van der Waals surface area contributed by atoms with Gasteiger partial charge in [-0.1, -0.05) is 26.2 Å². The number of aliphatic hydroxyl groups excluding tert-OH is 4. The molecule has 0 spiro atoms. The van der Waals surface area contributed by atoms with Gasteiger partial charge in [-0.2, -0.15) is 0 Å². The normalized spacial score (nSPS) is 26.2. The lowest BCUT2D eigenvalue weighted by Crippen LogP contribution is -2.60. The van der Waals surface area contributed by atoms with Crippen molar-refractivity contribution in [2.45, 2.75) is 63.3 Å². The van der Waals surface area contributed by atoms with Crippen molar-refractivity contribution < 1.29 is 44.2 Å². The Bertz CT molecular complexity index is 924. The lowest BCUT2D eigenvalue weighted by Gasteiger charge is -2.39. The minimum Gasteiger partial charge on any atom is -0.499 e. The first-order valence-corrected chi connectivity index (χ1v) is 10.3. The van der Waals surface area contributed by atoms with Gasteiger partial charge in [0.15, 0.2) is 5.75 Å². The molecule has 0 amide bonds. The Morgan fingerprint density at radius 2 is 1.84 bits per heavy atom. The van der Waals surface area contributed by atoms with Crippen molar-refractivity contribution >= 4 is 11.0 Å². The number of rotatable bonds is 9. The summed E-state index contributed by atoms with van der Waals surface area (Å²) >= 11 is 0. The molecular weight excluding hydrogens is 412 g/mol. The molecule has 5 atom stereocenters. The van der Waals surface area contributed by atoms with E-state index in [9.17, 15) is 30.3 Å². The number of hydrogen-bond acceptors (Lipinski definition) is 10. The van der Waals surface area contributed by atoms with Crippen molar-refractivity contribution in [3.05, 3.63) is 28.6 Å². The van der Waals surface area contributed by atoms with Gasteiger partial charge in [0.05, 0.1) is 18.6 Å². The predicted octanol–water partition coefficient (Wildman–Crippen LogP) is 0.636. The molecule has 0 radical (unpaired) electrons. The average Bonchev–Trinajstić information content (AvgIpc) is 2.76. The lowest BCUT2D eigenvalue weighted by molar-refractivity contribution is -0.277. The maximum Gasteiger partial charge on any atom is 0.382 e. The van der Waals surface area contributed by atoms with Crippen molar-refractivity contribution in [2.24, 2.45) is 0 Å².